The SMILES string of the molecule is CC(C)(C)c1c(-c2ccc3c(c2)-c2ccccc2-c2ccccc2-c2ccccc2-3)cccc1-c1ccc2c(c1)-c1ccccc1-c1ccccc1-c1nc(-c3cccc4c3oc3ccccc34)ncc1-2. The standard InChI is InChI=1S/C68H46N2O/c1-68(2,3)64-43(41-34-36-54-49-22-7-6-20-47(49)45-18-4-5-19-46(45)48-21-8-10-25-52(48)60(54)38-41)29-16-30-44(64)42-35-37-55-61(39-42)53-26-11-9-23-50(53)51-24-12-13-28-57(51)65-62(55)40-69-67(70-65)59-32-17-31-58-56-27-14-15-33-63(56)71-66(58)59/h4-40H,1-3H3. The van der Waals surface area contributed by atoms with E-state index in [4.69, 9.17) is 14.4 Å². The van der Waals surface area contributed by atoms with Crippen molar-refractivity contribution < 1.29 is 4.42 Å². The molecule has 0 N–H and O–H groups in total. The minimum Gasteiger partial charge on any atom is -0.455 e. The van der Waals surface area contributed by atoms with Crippen LogP contribution in [0.1, 0.15) is 26.3 Å². The maximum absolute atomic E-state index is 6.52. The Morgan fingerprint density at radius 2 is 0.704 bits per heavy atom. The number of rotatable bonds is 3. The Bertz CT molecular complexity index is 4160. The van der Waals surface area contributed by atoms with Crippen LogP contribution in [0.3, 0.4) is 0 Å². The van der Waals surface area contributed by atoms with E-state index in [0.717, 1.165) is 66.6 Å². The second-order valence-electron chi connectivity index (χ2n) is 20.0. The summed E-state index contributed by atoms with van der Waals surface area (Å²) in [6.45, 7) is 7.05. The molecule has 3 nitrogen and oxygen atoms in total. The van der Waals surface area contributed by atoms with Crippen LogP contribution in [-0.2, 0) is 5.41 Å². The normalized spacial score (nSPS) is 12.2. The second kappa shape index (κ2) is 15.8. The number of aromatic nitrogens is 2. The fourth-order valence-corrected chi connectivity index (χ4v) is 11.8. The Morgan fingerprint density at radius 1 is 0.324 bits per heavy atom. The summed E-state index contributed by atoms with van der Waals surface area (Å²) in [6, 6.07) is 79.7. The Hall–Kier alpha value is -8.92. The van der Waals surface area contributed by atoms with Gasteiger partial charge in [0, 0.05) is 28.1 Å². The van der Waals surface area contributed by atoms with Gasteiger partial charge < -0.3 is 4.42 Å². The summed E-state index contributed by atoms with van der Waals surface area (Å²) in [5, 5.41) is 2.14. The fourth-order valence-electron chi connectivity index (χ4n) is 11.8. The van der Waals surface area contributed by atoms with Gasteiger partial charge in [0.25, 0.3) is 0 Å². The molecule has 12 aromatic rings. The van der Waals surface area contributed by atoms with Gasteiger partial charge in [-0.25, -0.2) is 9.97 Å². The van der Waals surface area contributed by atoms with Crippen LogP contribution in [-0.4, -0.2) is 9.97 Å². The van der Waals surface area contributed by atoms with Gasteiger partial charge in [0.2, 0.25) is 0 Å². The van der Waals surface area contributed by atoms with Crippen molar-refractivity contribution in [1.29, 1.82) is 0 Å². The molecule has 2 aromatic heterocycles. The topological polar surface area (TPSA) is 38.9 Å². The number of hydrogen-bond acceptors (Lipinski definition) is 3. The number of nitrogens with zero attached hydrogens (tertiary/aromatic N) is 2. The average Bonchev–Trinajstić information content (AvgIpc) is 3.81. The zero-order valence-electron chi connectivity index (χ0n) is 39.7. The van der Waals surface area contributed by atoms with Gasteiger partial charge in [-0.15, -0.1) is 0 Å². The van der Waals surface area contributed by atoms with Gasteiger partial charge in [-0.3, -0.25) is 0 Å². The van der Waals surface area contributed by atoms with Gasteiger partial charge in [-0.05, 0) is 130 Å². The van der Waals surface area contributed by atoms with E-state index in [-0.39, 0.29) is 5.41 Å². The highest BCUT2D eigenvalue weighted by Crippen LogP contribution is 2.52. The molecule has 10 aromatic carbocycles. The molecule has 2 aliphatic carbocycles. The minimum absolute atomic E-state index is 0.208. The van der Waals surface area contributed by atoms with Crippen molar-refractivity contribution >= 4 is 21.9 Å². The molecule has 0 bridgehead atoms. The van der Waals surface area contributed by atoms with E-state index in [9.17, 15) is 0 Å². The summed E-state index contributed by atoms with van der Waals surface area (Å²) in [5.74, 6) is 0.632. The lowest BCUT2D eigenvalue weighted by Crippen LogP contribution is -2.15. The quantitative estimate of drug-likeness (QED) is 0.177. The molecular weight excluding hydrogens is 861 g/mol. The lowest BCUT2D eigenvalue weighted by atomic mass is 9.75. The van der Waals surface area contributed by atoms with E-state index in [0.29, 0.717) is 5.82 Å². The molecule has 0 aliphatic heterocycles. The summed E-state index contributed by atoms with van der Waals surface area (Å²) in [5.41, 5.74) is 27.1. The number of furan rings is 1. The van der Waals surface area contributed by atoms with Crippen molar-refractivity contribution in [3.63, 3.8) is 0 Å². The van der Waals surface area contributed by atoms with Crippen molar-refractivity contribution in [1.82, 2.24) is 9.97 Å². The van der Waals surface area contributed by atoms with Crippen molar-refractivity contribution in [3.8, 4) is 123 Å². The first-order valence-electron chi connectivity index (χ1n) is 24.6. The molecule has 0 radical (unpaired) electrons. The van der Waals surface area contributed by atoms with Gasteiger partial charge in [-0.1, -0.05) is 215 Å². The summed E-state index contributed by atoms with van der Waals surface area (Å²) < 4.78 is 6.52. The maximum atomic E-state index is 6.52. The highest BCUT2D eigenvalue weighted by molar-refractivity contribution is 6.10. The molecule has 2 heterocycles. The van der Waals surface area contributed by atoms with Crippen LogP contribution in [0.4, 0.5) is 0 Å². The molecule has 334 valence electrons. The molecule has 3 heteroatoms. The van der Waals surface area contributed by atoms with Crippen LogP contribution in [0, 0.1) is 0 Å². The van der Waals surface area contributed by atoms with Gasteiger partial charge in [0.1, 0.15) is 11.2 Å². The van der Waals surface area contributed by atoms with E-state index in [1.165, 1.54) is 77.9 Å². The third-order valence-electron chi connectivity index (χ3n) is 14.8. The first kappa shape index (κ1) is 41.1. The molecule has 0 saturated carbocycles. The van der Waals surface area contributed by atoms with Crippen molar-refractivity contribution in [2.45, 2.75) is 26.2 Å². The fraction of sp³-hybridized carbons (Fsp3) is 0.0588. The minimum atomic E-state index is -0.208. The largest absolute Gasteiger partial charge is 0.455 e. The zero-order chi connectivity index (χ0) is 47.4. The van der Waals surface area contributed by atoms with Crippen LogP contribution in [0.25, 0.3) is 145 Å². The second-order valence-corrected chi connectivity index (χ2v) is 20.0. The third-order valence-corrected chi connectivity index (χ3v) is 14.8. The molecule has 0 fully saturated rings. The monoisotopic (exact) mass is 906 g/mol. The van der Waals surface area contributed by atoms with E-state index in [1.807, 2.05) is 18.3 Å². The molecule has 0 spiro atoms. The predicted molar refractivity (Wildman–Crippen MR) is 295 cm³/mol. The van der Waals surface area contributed by atoms with Gasteiger partial charge in [0.15, 0.2) is 5.82 Å². The van der Waals surface area contributed by atoms with Gasteiger partial charge in [-0.2, -0.15) is 0 Å². The third kappa shape index (κ3) is 6.43. The van der Waals surface area contributed by atoms with Gasteiger partial charge in [0.05, 0.1) is 11.3 Å². The first-order valence-corrected chi connectivity index (χ1v) is 24.6. The number of fused-ring (bicyclic) bond motifs is 19. The molecule has 0 atom stereocenters. The van der Waals surface area contributed by atoms with Crippen LogP contribution < -0.4 is 0 Å². The van der Waals surface area contributed by atoms with E-state index < -0.39 is 0 Å². The lowest BCUT2D eigenvalue weighted by molar-refractivity contribution is 0.593. The average molecular weight is 907 g/mol. The Kier molecular flexibility index (Phi) is 9.15. The van der Waals surface area contributed by atoms with Crippen LogP contribution in [0.2, 0.25) is 0 Å². The highest BCUT2D eigenvalue weighted by atomic mass is 16.3. The molecular formula is C68H46N2O. The summed E-state index contributed by atoms with van der Waals surface area (Å²) in [4.78, 5) is 10.7. The number of hydrogen-bond donors (Lipinski definition) is 0. The van der Waals surface area contributed by atoms with E-state index in [2.05, 4.69) is 227 Å². The van der Waals surface area contributed by atoms with Crippen molar-refractivity contribution in [2.75, 3.05) is 0 Å². The maximum Gasteiger partial charge on any atom is 0.163 e. The Labute approximate surface area is 413 Å². The summed E-state index contributed by atoms with van der Waals surface area (Å²) in [6.07, 6.45) is 2.03. The zero-order valence-corrected chi connectivity index (χ0v) is 39.7. The number of benzene rings is 10. The van der Waals surface area contributed by atoms with E-state index in [1.54, 1.807) is 0 Å². The molecule has 0 unspecified atom stereocenters. The molecule has 0 saturated heterocycles. The van der Waals surface area contributed by atoms with E-state index >= 15 is 0 Å². The first-order chi connectivity index (χ1) is 34.9. The number of para-hydroxylation sites is 2. The van der Waals surface area contributed by atoms with Crippen LogP contribution >= 0.6 is 0 Å². The Morgan fingerprint density at radius 3 is 1.23 bits per heavy atom. The summed E-state index contributed by atoms with van der Waals surface area (Å²) in [7, 11) is 0. The predicted octanol–water partition coefficient (Wildman–Crippen LogP) is 18.6. The molecule has 0 amide bonds. The molecule has 14 rings (SSSR count). The van der Waals surface area contributed by atoms with Crippen molar-refractivity contribution in [3.05, 3.63) is 230 Å². The van der Waals surface area contributed by atoms with Gasteiger partial charge >= 0.3 is 0 Å². The lowest BCUT2D eigenvalue weighted by Gasteiger charge is -2.29. The Balaban J connectivity index is 0.960. The van der Waals surface area contributed by atoms with Crippen LogP contribution in [0.5, 0.6) is 0 Å². The van der Waals surface area contributed by atoms with Crippen LogP contribution in [0.15, 0.2) is 229 Å². The molecule has 71 heavy (non-hydrogen) atoms. The molecule has 2 aliphatic rings. The summed E-state index contributed by atoms with van der Waals surface area (Å²) >= 11 is 0. The smallest absolute Gasteiger partial charge is 0.163 e. The highest BCUT2D eigenvalue weighted by Gasteiger charge is 2.29. The van der Waals surface area contributed by atoms with Crippen molar-refractivity contribution in [2.24, 2.45) is 0 Å².